The summed E-state index contributed by atoms with van der Waals surface area (Å²) in [6.07, 6.45) is -0.929. The number of halogens is 3. The number of thiophene rings is 1. The third-order valence-electron chi connectivity index (χ3n) is 3.59. The molecule has 164 valence electrons. The highest BCUT2D eigenvalue weighted by atomic mass is 35.6. The Labute approximate surface area is 189 Å². The summed E-state index contributed by atoms with van der Waals surface area (Å²) in [5, 5.41) is 5.71. The topological polar surface area (TPSA) is 93.7 Å². The minimum atomic E-state index is -1.93. The van der Waals surface area contributed by atoms with Crippen LogP contribution in [0.25, 0.3) is 0 Å². The van der Waals surface area contributed by atoms with Gasteiger partial charge in [0.15, 0.2) is 0 Å². The summed E-state index contributed by atoms with van der Waals surface area (Å²) in [6, 6.07) is 0. The average Bonchev–Trinajstić information content (AvgIpc) is 2.89. The Hall–Kier alpha value is -1.22. The Morgan fingerprint density at radius 1 is 1.07 bits per heavy atom. The number of rotatable bonds is 9. The van der Waals surface area contributed by atoms with Crippen molar-refractivity contribution in [2.45, 2.75) is 51.0 Å². The molecular weight excluding hydrogens is 463 g/mol. The maximum atomic E-state index is 12.5. The highest BCUT2D eigenvalue weighted by Crippen LogP contribution is 2.38. The van der Waals surface area contributed by atoms with Crippen LogP contribution in [0.4, 0.5) is 5.00 Å². The number of anilines is 1. The van der Waals surface area contributed by atoms with E-state index in [4.69, 9.17) is 44.3 Å². The van der Waals surface area contributed by atoms with Gasteiger partial charge in [-0.05, 0) is 32.3 Å². The second-order valence-corrected chi connectivity index (χ2v) is 9.88. The van der Waals surface area contributed by atoms with Crippen molar-refractivity contribution in [3.63, 3.8) is 0 Å². The average molecular weight is 488 g/mol. The van der Waals surface area contributed by atoms with E-state index in [9.17, 15) is 14.4 Å². The van der Waals surface area contributed by atoms with Crippen molar-refractivity contribution in [2.24, 2.45) is 5.92 Å². The summed E-state index contributed by atoms with van der Waals surface area (Å²) < 4.78 is 8.20. The maximum absolute atomic E-state index is 12.5. The molecule has 0 aliphatic carbocycles. The van der Waals surface area contributed by atoms with Gasteiger partial charge in [-0.1, -0.05) is 48.7 Å². The molecule has 0 aliphatic rings. The van der Waals surface area contributed by atoms with Crippen molar-refractivity contribution >= 4 is 69.0 Å². The molecule has 0 bridgehead atoms. The zero-order chi connectivity index (χ0) is 22.4. The van der Waals surface area contributed by atoms with Gasteiger partial charge in [0.2, 0.25) is 9.70 Å². The number of hydrogen-bond acceptors (Lipinski definition) is 7. The van der Waals surface area contributed by atoms with Crippen molar-refractivity contribution in [3.8, 4) is 0 Å². The third kappa shape index (κ3) is 7.51. The fourth-order valence-corrected chi connectivity index (χ4v) is 3.82. The molecule has 0 unspecified atom stereocenters. The molecule has 0 saturated heterocycles. The standard InChI is InChI=1S/C18H25Cl3N2O5S/c1-6-27-15(25)12-10(5)13(16(26)28-7-2)29-14(12)23-17(18(19,20)21)22-11(24)8-9(3)4/h9,17,23H,6-8H2,1-5H3,(H,22,24)/t17-/m1/s1. The van der Waals surface area contributed by atoms with E-state index in [1.165, 1.54) is 0 Å². The molecule has 1 atom stereocenters. The number of amides is 1. The number of esters is 2. The van der Waals surface area contributed by atoms with Gasteiger partial charge in [-0.15, -0.1) is 11.3 Å². The van der Waals surface area contributed by atoms with Gasteiger partial charge >= 0.3 is 11.9 Å². The van der Waals surface area contributed by atoms with Crippen LogP contribution in [0.15, 0.2) is 0 Å². The molecule has 1 aromatic heterocycles. The smallest absolute Gasteiger partial charge is 0.348 e. The lowest BCUT2D eigenvalue weighted by molar-refractivity contribution is -0.122. The summed E-state index contributed by atoms with van der Waals surface area (Å²) in [5.41, 5.74) is 0.503. The Morgan fingerprint density at radius 3 is 2.10 bits per heavy atom. The molecule has 0 radical (unpaired) electrons. The zero-order valence-corrected chi connectivity index (χ0v) is 19.9. The van der Waals surface area contributed by atoms with Gasteiger partial charge in [-0.25, -0.2) is 9.59 Å². The molecule has 2 N–H and O–H groups in total. The van der Waals surface area contributed by atoms with E-state index in [1.807, 2.05) is 13.8 Å². The van der Waals surface area contributed by atoms with Crippen molar-refractivity contribution in [2.75, 3.05) is 18.5 Å². The van der Waals surface area contributed by atoms with E-state index in [-0.39, 0.29) is 46.9 Å². The van der Waals surface area contributed by atoms with Gasteiger partial charge in [0.25, 0.3) is 0 Å². The number of nitrogens with one attached hydrogen (secondary N) is 2. The van der Waals surface area contributed by atoms with Gasteiger partial charge in [-0.3, -0.25) is 4.79 Å². The molecule has 0 spiro atoms. The number of ether oxygens (including phenoxy) is 2. The van der Waals surface area contributed by atoms with Crippen LogP contribution in [0.5, 0.6) is 0 Å². The third-order valence-corrected chi connectivity index (χ3v) is 5.45. The Kier molecular flexibility index (Phi) is 10.0. The molecule has 0 aliphatic heterocycles. The van der Waals surface area contributed by atoms with Crippen molar-refractivity contribution < 1.29 is 23.9 Å². The normalized spacial score (nSPS) is 12.4. The largest absolute Gasteiger partial charge is 0.462 e. The molecule has 0 fully saturated rings. The van der Waals surface area contributed by atoms with Crippen molar-refractivity contribution in [1.82, 2.24) is 5.32 Å². The zero-order valence-electron chi connectivity index (χ0n) is 16.9. The van der Waals surface area contributed by atoms with E-state index in [1.54, 1.807) is 20.8 Å². The highest BCUT2D eigenvalue weighted by molar-refractivity contribution is 7.18. The molecular formula is C18H25Cl3N2O5S. The molecule has 1 aromatic rings. The van der Waals surface area contributed by atoms with Crippen molar-refractivity contribution in [3.05, 3.63) is 16.0 Å². The Bertz CT molecular complexity index is 747. The summed E-state index contributed by atoms with van der Waals surface area (Å²) in [4.78, 5) is 37.2. The molecule has 1 amide bonds. The summed E-state index contributed by atoms with van der Waals surface area (Å²) >= 11 is 19.1. The Balaban J connectivity index is 3.32. The van der Waals surface area contributed by atoms with E-state index in [0.717, 1.165) is 11.3 Å². The van der Waals surface area contributed by atoms with Crippen LogP contribution in [0.2, 0.25) is 0 Å². The van der Waals surface area contributed by atoms with E-state index in [2.05, 4.69) is 10.6 Å². The first-order valence-corrected chi connectivity index (χ1v) is 11.0. The molecule has 11 heteroatoms. The fourth-order valence-electron chi connectivity index (χ4n) is 2.38. The van der Waals surface area contributed by atoms with E-state index in [0.29, 0.717) is 5.56 Å². The second-order valence-electron chi connectivity index (χ2n) is 6.49. The minimum Gasteiger partial charge on any atom is -0.462 e. The molecule has 1 rings (SSSR count). The van der Waals surface area contributed by atoms with Gasteiger partial charge < -0.3 is 20.1 Å². The van der Waals surface area contributed by atoms with Crippen LogP contribution in [-0.2, 0) is 14.3 Å². The lowest BCUT2D eigenvalue weighted by Crippen LogP contribution is -2.49. The van der Waals surface area contributed by atoms with Gasteiger partial charge in [0.05, 0.1) is 18.8 Å². The number of hydrogen-bond donors (Lipinski definition) is 2. The maximum Gasteiger partial charge on any atom is 0.348 e. The summed E-state index contributed by atoms with van der Waals surface area (Å²) in [7, 11) is 0. The monoisotopic (exact) mass is 486 g/mol. The van der Waals surface area contributed by atoms with Crippen LogP contribution in [0.1, 0.15) is 59.7 Å². The second kappa shape index (κ2) is 11.2. The fraction of sp³-hybridized carbons (Fsp3) is 0.611. The predicted octanol–water partition coefficient (Wildman–Crippen LogP) is 4.68. The molecule has 0 aromatic carbocycles. The van der Waals surface area contributed by atoms with E-state index >= 15 is 0 Å². The van der Waals surface area contributed by atoms with Crippen LogP contribution in [-0.4, -0.2) is 41.0 Å². The number of alkyl halides is 3. The molecule has 0 saturated carbocycles. The van der Waals surface area contributed by atoms with Crippen LogP contribution < -0.4 is 10.6 Å². The SMILES string of the molecule is CCOC(=O)c1sc(N[C@@H](NC(=O)CC(C)C)C(Cl)(Cl)Cl)c(C(=O)OCC)c1C. The van der Waals surface area contributed by atoms with Crippen molar-refractivity contribution in [1.29, 1.82) is 0 Å². The van der Waals surface area contributed by atoms with Crippen LogP contribution in [0, 0.1) is 12.8 Å². The molecule has 7 nitrogen and oxygen atoms in total. The summed E-state index contributed by atoms with van der Waals surface area (Å²) in [6.45, 7) is 9.01. The number of carbonyl (C=O) groups excluding carboxylic acids is 3. The van der Waals surface area contributed by atoms with Crippen LogP contribution >= 0.6 is 46.1 Å². The quantitative estimate of drug-likeness (QED) is 0.298. The van der Waals surface area contributed by atoms with Gasteiger partial charge in [-0.2, -0.15) is 0 Å². The van der Waals surface area contributed by atoms with E-state index < -0.39 is 21.9 Å². The highest BCUT2D eigenvalue weighted by Gasteiger charge is 2.36. The lowest BCUT2D eigenvalue weighted by atomic mass is 10.1. The molecule has 1 heterocycles. The molecule has 29 heavy (non-hydrogen) atoms. The van der Waals surface area contributed by atoms with Gasteiger partial charge in [0.1, 0.15) is 16.0 Å². The Morgan fingerprint density at radius 2 is 1.62 bits per heavy atom. The summed E-state index contributed by atoms with van der Waals surface area (Å²) in [5.74, 6) is -1.46. The first kappa shape index (κ1) is 25.8. The number of carbonyl (C=O) groups is 3. The lowest BCUT2D eigenvalue weighted by Gasteiger charge is -2.27. The van der Waals surface area contributed by atoms with Crippen LogP contribution in [0.3, 0.4) is 0 Å². The first-order chi connectivity index (χ1) is 13.4. The first-order valence-electron chi connectivity index (χ1n) is 9.02. The van der Waals surface area contributed by atoms with Gasteiger partial charge in [0, 0.05) is 6.42 Å². The minimum absolute atomic E-state index is 0.0977. The predicted molar refractivity (Wildman–Crippen MR) is 116 cm³/mol.